The summed E-state index contributed by atoms with van der Waals surface area (Å²) in [4.78, 5) is 0. The van der Waals surface area contributed by atoms with Crippen LogP contribution < -0.4 is 0 Å². The average molecular weight is 153 g/mol. The zero-order valence-electron chi connectivity index (χ0n) is 2.71. The van der Waals surface area contributed by atoms with Crippen LogP contribution in [-0.2, 0) is 17.1 Å². The van der Waals surface area contributed by atoms with E-state index in [1.807, 2.05) is 0 Å². The van der Waals surface area contributed by atoms with E-state index >= 15 is 0 Å². The number of rotatable bonds is 0. The Morgan fingerprint density at radius 1 is 1.00 bits per heavy atom. The van der Waals surface area contributed by atoms with Gasteiger partial charge in [0, 0.05) is 17.1 Å². The quantitative estimate of drug-likeness (QED) is 0.366. The molecule has 0 aliphatic rings. The van der Waals surface area contributed by atoms with Crippen molar-refractivity contribution >= 4 is 19.7 Å². The first-order chi connectivity index (χ1) is 1.73. The van der Waals surface area contributed by atoms with Gasteiger partial charge in [0.15, 0.2) is 0 Å². The molecule has 0 aromatic rings. The van der Waals surface area contributed by atoms with Gasteiger partial charge in [-0.25, -0.2) is 0 Å². The molecular weight excluding hydrogens is 149 g/mol. The third-order valence-corrected chi connectivity index (χ3v) is 0. The summed E-state index contributed by atoms with van der Waals surface area (Å²) in [5, 5.41) is 21.5. The second-order valence-electron chi connectivity index (χ2n) is 0.346. The van der Waals surface area contributed by atoms with Crippen LogP contribution >= 0.6 is 12.4 Å². The Morgan fingerprint density at radius 3 is 1.00 bits per heavy atom. The molecule has 0 rings (SSSR count). The van der Waals surface area contributed by atoms with Crippen molar-refractivity contribution in [3.63, 3.8) is 0 Å². The molecule has 6 heteroatoms. The summed E-state index contributed by atoms with van der Waals surface area (Å²) in [5.74, 6) is 0. The smallest absolute Gasteiger partial charge is 0.402 e. The molecule has 0 saturated carbocycles. The first kappa shape index (κ1) is 15.9. The summed E-state index contributed by atoms with van der Waals surface area (Å²) in [6, 6.07) is 0. The molecule has 0 aliphatic carbocycles. The average Bonchev–Trinajstić information content (AvgIpc) is 0.811. The zero-order valence-corrected chi connectivity index (χ0v) is 4.70. The molecule has 0 spiro atoms. The first-order valence-corrected chi connectivity index (χ1v) is 0.775. The van der Waals surface area contributed by atoms with Gasteiger partial charge in [-0.2, -0.15) is 0 Å². The minimum Gasteiger partial charge on any atom is -0.402 e. The van der Waals surface area contributed by atoms with Crippen LogP contribution in [0.1, 0.15) is 0 Å². The molecule has 0 heterocycles. The first-order valence-electron chi connectivity index (χ1n) is 0.775. The maximum Gasteiger partial charge on any atom is 0.631 e. The van der Waals surface area contributed by atoms with Gasteiger partial charge in [-0.3, -0.25) is 0 Å². The summed E-state index contributed by atoms with van der Waals surface area (Å²) >= 11 is 0. The van der Waals surface area contributed by atoms with Gasteiger partial charge in [-0.15, -0.1) is 12.4 Å². The molecule has 0 aromatic carbocycles. The van der Waals surface area contributed by atoms with Crippen molar-refractivity contribution in [1.82, 2.24) is 0 Å². The third kappa shape index (κ3) is 118. The Morgan fingerprint density at radius 2 is 1.00 bits per heavy atom. The monoisotopic (exact) mass is 153 g/mol. The summed E-state index contributed by atoms with van der Waals surface area (Å²) in [6.45, 7) is 0. The molecule has 0 saturated heterocycles. The van der Waals surface area contributed by atoms with Gasteiger partial charge in [-0.05, 0) is 0 Å². The molecule has 1 radical (unpaired) electrons. The maximum absolute atomic E-state index is 7.17. The largest absolute Gasteiger partial charge is 0.631 e. The van der Waals surface area contributed by atoms with Gasteiger partial charge in [0.2, 0.25) is 0 Å². The topological polar surface area (TPSA) is 60.7 Å². The van der Waals surface area contributed by atoms with Crippen LogP contribution in [0.4, 0.5) is 0 Å². The molecule has 0 aliphatic heterocycles. The van der Waals surface area contributed by atoms with E-state index in [9.17, 15) is 0 Å². The fourth-order valence-corrected chi connectivity index (χ4v) is 0. The number of hydrogen-bond donors (Lipinski definition) is 3. The van der Waals surface area contributed by atoms with E-state index in [0.29, 0.717) is 0 Å². The summed E-state index contributed by atoms with van der Waals surface area (Å²) in [5.41, 5.74) is 0. The van der Waals surface area contributed by atoms with E-state index < -0.39 is 7.32 Å². The van der Waals surface area contributed by atoms with Gasteiger partial charge in [0.25, 0.3) is 0 Å². The molecule has 3 N–H and O–H groups in total. The van der Waals surface area contributed by atoms with Crippen LogP contribution in [0.25, 0.3) is 0 Å². The van der Waals surface area contributed by atoms with Crippen molar-refractivity contribution in [3.8, 4) is 0 Å². The maximum atomic E-state index is 7.17. The predicted octanol–water partition coefficient (Wildman–Crippen LogP) is -1.63. The Labute approximate surface area is 52.4 Å². The molecule has 39 valence electrons. The molecule has 0 unspecified atom stereocenters. The molecule has 0 atom stereocenters. The number of hydrogen-bond acceptors (Lipinski definition) is 3. The van der Waals surface area contributed by atoms with Gasteiger partial charge < -0.3 is 15.1 Å². The van der Waals surface area contributed by atoms with Gasteiger partial charge in [-0.1, -0.05) is 0 Å². The Kier molecular flexibility index (Phi) is 24.4. The van der Waals surface area contributed by atoms with Gasteiger partial charge in [0.1, 0.15) is 0 Å². The van der Waals surface area contributed by atoms with Crippen LogP contribution in [0, 0.1) is 0 Å². The van der Waals surface area contributed by atoms with E-state index in [-0.39, 0.29) is 29.5 Å². The molecule has 0 amide bonds. The second-order valence-corrected chi connectivity index (χ2v) is 0.346. The number of halogens is 1. The Hall–Kier alpha value is 0.754. The van der Waals surface area contributed by atoms with E-state index in [4.69, 9.17) is 15.1 Å². The van der Waals surface area contributed by atoms with Gasteiger partial charge in [0.05, 0.1) is 0 Å². The SMILES string of the molecule is Cl.OB(O)O.[Mn]. The standard InChI is InChI=1S/BH3O3.ClH.Mn/c2-1(3)4;;/h2-4H;1H;. The van der Waals surface area contributed by atoms with E-state index in [0.717, 1.165) is 0 Å². The Bertz CT molecular complexity index is 15.5. The summed E-state index contributed by atoms with van der Waals surface area (Å²) < 4.78 is 0. The van der Waals surface area contributed by atoms with Crippen LogP contribution in [0.2, 0.25) is 0 Å². The fourth-order valence-electron chi connectivity index (χ4n) is 0. The molecule has 3 nitrogen and oxygen atoms in total. The summed E-state index contributed by atoms with van der Waals surface area (Å²) in [7, 11) is -2.17. The van der Waals surface area contributed by atoms with Crippen molar-refractivity contribution in [1.29, 1.82) is 0 Å². The van der Waals surface area contributed by atoms with Crippen LogP contribution in [-0.4, -0.2) is 22.4 Å². The second kappa shape index (κ2) is 9.23. The van der Waals surface area contributed by atoms with E-state index in [2.05, 4.69) is 0 Å². The van der Waals surface area contributed by atoms with Crippen molar-refractivity contribution in [3.05, 3.63) is 0 Å². The van der Waals surface area contributed by atoms with Crippen LogP contribution in [0.5, 0.6) is 0 Å². The van der Waals surface area contributed by atoms with Crippen molar-refractivity contribution in [2.75, 3.05) is 0 Å². The predicted molar refractivity (Wildman–Crippen MR) is 19.7 cm³/mol. The zero-order chi connectivity index (χ0) is 3.58. The van der Waals surface area contributed by atoms with Gasteiger partial charge >= 0.3 is 7.32 Å². The van der Waals surface area contributed by atoms with E-state index in [1.165, 1.54) is 0 Å². The normalized spacial score (nSPS) is 4.50. The van der Waals surface area contributed by atoms with Crippen LogP contribution in [0.15, 0.2) is 0 Å². The van der Waals surface area contributed by atoms with Crippen molar-refractivity contribution in [2.45, 2.75) is 0 Å². The fraction of sp³-hybridized carbons (Fsp3) is 0. The van der Waals surface area contributed by atoms with E-state index in [1.54, 1.807) is 0 Å². The molecular formula is H4BClMnO3. The molecule has 0 aromatic heterocycles. The summed E-state index contributed by atoms with van der Waals surface area (Å²) in [6.07, 6.45) is 0. The minimum absolute atomic E-state index is 0. The Balaban J connectivity index is -0.0000000450. The molecule has 6 heavy (non-hydrogen) atoms. The molecule has 0 fully saturated rings. The van der Waals surface area contributed by atoms with Crippen molar-refractivity contribution in [2.24, 2.45) is 0 Å². The van der Waals surface area contributed by atoms with Crippen LogP contribution in [0.3, 0.4) is 0 Å². The third-order valence-electron chi connectivity index (χ3n) is 0. The minimum atomic E-state index is -2.17. The molecule has 0 bridgehead atoms. The van der Waals surface area contributed by atoms with Crippen molar-refractivity contribution < 1.29 is 32.1 Å².